The molecule has 0 aromatic rings. The minimum Gasteiger partial charge on any atom is -0.478 e. The number of hydrogen-bond donors (Lipinski definition) is 1. The van der Waals surface area contributed by atoms with Gasteiger partial charge < -0.3 is 10.5 Å². The monoisotopic (exact) mass is 142 g/mol. The number of rotatable bonds is 2. The number of aliphatic imine (C=N–C) groups is 1. The molecule has 0 bridgehead atoms. The molecule has 0 radical (unpaired) electrons. The fraction of sp³-hybridized carbons (Fsp3) is 0.857. The number of nitrogens with zero attached hydrogens (tertiary/aromatic N) is 1. The van der Waals surface area contributed by atoms with E-state index >= 15 is 0 Å². The molecule has 0 saturated heterocycles. The molecule has 2 N–H and O–H groups in total. The first-order valence-corrected chi connectivity index (χ1v) is 3.63. The highest BCUT2D eigenvalue weighted by atomic mass is 16.5. The second-order valence-electron chi connectivity index (χ2n) is 2.85. The van der Waals surface area contributed by atoms with Crippen LogP contribution in [0, 0.1) is 5.92 Å². The van der Waals surface area contributed by atoms with E-state index in [2.05, 4.69) is 18.8 Å². The Kier molecular flexibility index (Phi) is 2.27. The van der Waals surface area contributed by atoms with Crippen LogP contribution in [0.5, 0.6) is 0 Å². The van der Waals surface area contributed by atoms with Gasteiger partial charge in [-0.3, -0.25) is 0 Å². The van der Waals surface area contributed by atoms with Gasteiger partial charge in [-0.15, -0.1) is 0 Å². The summed E-state index contributed by atoms with van der Waals surface area (Å²) >= 11 is 0. The molecule has 0 saturated carbocycles. The topological polar surface area (TPSA) is 47.6 Å². The van der Waals surface area contributed by atoms with Gasteiger partial charge in [0.05, 0.1) is 12.6 Å². The van der Waals surface area contributed by atoms with Crippen molar-refractivity contribution in [2.75, 3.05) is 13.2 Å². The standard InChI is InChI=1S/C7H14N2O/c1-5(2)6-4-10-7(3-8)9-6/h5-6H,3-4,8H2,1-2H3/t6-/m1/s1. The zero-order valence-corrected chi connectivity index (χ0v) is 6.50. The molecule has 1 heterocycles. The van der Waals surface area contributed by atoms with Gasteiger partial charge in [-0.05, 0) is 5.92 Å². The lowest BCUT2D eigenvalue weighted by Gasteiger charge is -2.06. The molecule has 0 amide bonds. The van der Waals surface area contributed by atoms with E-state index in [0.717, 1.165) is 0 Å². The number of nitrogens with two attached hydrogens (primary N) is 1. The lowest BCUT2D eigenvalue weighted by atomic mass is 10.1. The molecule has 0 aliphatic carbocycles. The Bertz CT molecular complexity index is 143. The van der Waals surface area contributed by atoms with Crippen LogP contribution in [0.15, 0.2) is 4.99 Å². The summed E-state index contributed by atoms with van der Waals surface area (Å²) in [7, 11) is 0. The lowest BCUT2D eigenvalue weighted by molar-refractivity contribution is 0.288. The Hall–Kier alpha value is -0.570. The van der Waals surface area contributed by atoms with Crippen LogP contribution >= 0.6 is 0 Å². The third-order valence-corrected chi connectivity index (χ3v) is 1.67. The summed E-state index contributed by atoms with van der Waals surface area (Å²) in [5.74, 6) is 1.27. The summed E-state index contributed by atoms with van der Waals surface area (Å²) in [4.78, 5) is 4.28. The van der Waals surface area contributed by atoms with Gasteiger partial charge in [0, 0.05) is 0 Å². The van der Waals surface area contributed by atoms with Crippen molar-refractivity contribution < 1.29 is 4.74 Å². The minimum atomic E-state index is 0.332. The third kappa shape index (κ3) is 1.48. The molecule has 3 nitrogen and oxygen atoms in total. The summed E-state index contributed by atoms with van der Waals surface area (Å²) in [6, 6.07) is 0.332. The van der Waals surface area contributed by atoms with Gasteiger partial charge in [0.1, 0.15) is 6.61 Å². The molecule has 1 rings (SSSR count). The van der Waals surface area contributed by atoms with Crippen molar-refractivity contribution in [1.29, 1.82) is 0 Å². The van der Waals surface area contributed by atoms with E-state index in [1.807, 2.05) is 0 Å². The SMILES string of the molecule is CC(C)[C@H]1COC(CN)=N1. The Morgan fingerprint density at radius 2 is 2.50 bits per heavy atom. The van der Waals surface area contributed by atoms with E-state index in [-0.39, 0.29) is 0 Å². The summed E-state index contributed by atoms with van der Waals surface area (Å²) < 4.78 is 5.20. The van der Waals surface area contributed by atoms with Crippen LogP contribution in [-0.4, -0.2) is 25.1 Å². The smallest absolute Gasteiger partial charge is 0.197 e. The first-order chi connectivity index (χ1) is 4.74. The molecule has 1 aliphatic rings. The van der Waals surface area contributed by atoms with Crippen LogP contribution in [0.25, 0.3) is 0 Å². The van der Waals surface area contributed by atoms with Gasteiger partial charge in [0.15, 0.2) is 5.90 Å². The fourth-order valence-electron chi connectivity index (χ4n) is 0.894. The van der Waals surface area contributed by atoms with Crippen molar-refractivity contribution in [1.82, 2.24) is 0 Å². The molecular formula is C7H14N2O. The van der Waals surface area contributed by atoms with Crippen molar-refractivity contribution in [3.05, 3.63) is 0 Å². The number of hydrogen-bond acceptors (Lipinski definition) is 3. The van der Waals surface area contributed by atoms with E-state index in [1.54, 1.807) is 0 Å². The quantitative estimate of drug-likeness (QED) is 0.606. The zero-order chi connectivity index (χ0) is 7.56. The fourth-order valence-corrected chi connectivity index (χ4v) is 0.894. The van der Waals surface area contributed by atoms with Gasteiger partial charge in [0.25, 0.3) is 0 Å². The summed E-state index contributed by atoms with van der Waals surface area (Å²) in [6.07, 6.45) is 0. The highest BCUT2D eigenvalue weighted by molar-refractivity contribution is 5.79. The van der Waals surface area contributed by atoms with Crippen LogP contribution in [0.2, 0.25) is 0 Å². The summed E-state index contributed by atoms with van der Waals surface area (Å²) in [6.45, 7) is 5.42. The van der Waals surface area contributed by atoms with Crippen molar-refractivity contribution in [2.45, 2.75) is 19.9 Å². The molecule has 0 aromatic carbocycles. The number of ether oxygens (including phenoxy) is 1. The highest BCUT2D eigenvalue weighted by Gasteiger charge is 2.20. The minimum absolute atomic E-state index is 0.332. The van der Waals surface area contributed by atoms with Crippen LogP contribution in [0.1, 0.15) is 13.8 Å². The maximum Gasteiger partial charge on any atom is 0.197 e. The van der Waals surface area contributed by atoms with Crippen molar-refractivity contribution in [3.63, 3.8) is 0 Å². The normalized spacial score (nSPS) is 24.8. The van der Waals surface area contributed by atoms with Gasteiger partial charge in [-0.2, -0.15) is 0 Å². The predicted octanol–water partition coefficient (Wildman–Crippen LogP) is 0.398. The zero-order valence-electron chi connectivity index (χ0n) is 6.50. The van der Waals surface area contributed by atoms with Crippen molar-refractivity contribution in [2.24, 2.45) is 16.6 Å². The Morgan fingerprint density at radius 1 is 1.80 bits per heavy atom. The van der Waals surface area contributed by atoms with Crippen LogP contribution in [-0.2, 0) is 4.74 Å². The summed E-state index contributed by atoms with van der Waals surface area (Å²) in [5.41, 5.74) is 5.34. The average Bonchev–Trinajstić information content (AvgIpc) is 2.34. The highest BCUT2D eigenvalue weighted by Crippen LogP contribution is 2.12. The van der Waals surface area contributed by atoms with Gasteiger partial charge >= 0.3 is 0 Å². The van der Waals surface area contributed by atoms with Gasteiger partial charge in [-0.1, -0.05) is 13.8 Å². The summed E-state index contributed by atoms with van der Waals surface area (Å²) in [5, 5.41) is 0. The lowest BCUT2D eigenvalue weighted by Crippen LogP contribution is -2.14. The van der Waals surface area contributed by atoms with Crippen LogP contribution in [0.4, 0.5) is 0 Å². The molecule has 0 fully saturated rings. The first-order valence-electron chi connectivity index (χ1n) is 3.63. The molecule has 0 spiro atoms. The maximum atomic E-state index is 5.34. The van der Waals surface area contributed by atoms with E-state index in [1.165, 1.54) is 0 Å². The largest absolute Gasteiger partial charge is 0.478 e. The van der Waals surface area contributed by atoms with Crippen LogP contribution < -0.4 is 5.73 Å². The molecule has 1 atom stereocenters. The molecule has 58 valence electrons. The second kappa shape index (κ2) is 3.01. The van der Waals surface area contributed by atoms with Gasteiger partial charge in [-0.25, -0.2) is 4.99 Å². The molecular weight excluding hydrogens is 128 g/mol. The van der Waals surface area contributed by atoms with E-state index in [0.29, 0.717) is 31.0 Å². The second-order valence-corrected chi connectivity index (χ2v) is 2.85. The predicted molar refractivity (Wildman–Crippen MR) is 41.1 cm³/mol. The first kappa shape index (κ1) is 7.54. The van der Waals surface area contributed by atoms with E-state index in [9.17, 15) is 0 Å². The van der Waals surface area contributed by atoms with E-state index < -0.39 is 0 Å². The molecule has 10 heavy (non-hydrogen) atoms. The van der Waals surface area contributed by atoms with Crippen LogP contribution in [0.3, 0.4) is 0 Å². The molecule has 1 aliphatic heterocycles. The average molecular weight is 142 g/mol. The van der Waals surface area contributed by atoms with Crippen molar-refractivity contribution >= 4 is 5.90 Å². The third-order valence-electron chi connectivity index (χ3n) is 1.67. The molecule has 0 unspecified atom stereocenters. The van der Waals surface area contributed by atoms with Gasteiger partial charge in [0.2, 0.25) is 0 Å². The van der Waals surface area contributed by atoms with Crippen molar-refractivity contribution in [3.8, 4) is 0 Å². The van der Waals surface area contributed by atoms with E-state index in [4.69, 9.17) is 10.5 Å². The Balaban J connectivity index is 2.47. The Morgan fingerprint density at radius 3 is 2.80 bits per heavy atom. The maximum absolute atomic E-state index is 5.34. The molecule has 0 aromatic heterocycles. The molecule has 3 heteroatoms. The Labute approximate surface area is 61.3 Å².